The zero-order valence-electron chi connectivity index (χ0n) is 20.9. The molecule has 0 bridgehead atoms. The summed E-state index contributed by atoms with van der Waals surface area (Å²) in [5, 5.41) is 6.66. The average Bonchev–Trinajstić information content (AvgIpc) is 3.24. The molecule has 3 aromatic rings. The van der Waals surface area contributed by atoms with E-state index in [4.69, 9.17) is 4.52 Å². The Labute approximate surface area is 213 Å². The quantitative estimate of drug-likeness (QED) is 0.411. The number of alkyl halides is 3. The van der Waals surface area contributed by atoms with Crippen LogP contribution in [0.25, 0.3) is 0 Å². The summed E-state index contributed by atoms with van der Waals surface area (Å²) >= 11 is 0. The maximum atomic E-state index is 13.2. The topological polar surface area (TPSA) is 75.4 Å². The molecule has 0 spiro atoms. The molecule has 0 radical (unpaired) electrons. The SMILES string of the molecule is CCCc1onc(C)c1C(=O)N1CCC(c2ccc(NC(=O)Cc3ccccc3C(F)(F)F)cc2)CC1. The van der Waals surface area contributed by atoms with Gasteiger partial charge in [0.15, 0.2) is 0 Å². The number of nitrogens with zero attached hydrogens (tertiary/aromatic N) is 2. The fraction of sp³-hybridized carbons (Fsp3) is 0.393. The van der Waals surface area contributed by atoms with Crippen LogP contribution in [0.2, 0.25) is 0 Å². The van der Waals surface area contributed by atoms with Gasteiger partial charge in [-0.05, 0) is 61.4 Å². The number of hydrogen-bond donors (Lipinski definition) is 1. The molecule has 37 heavy (non-hydrogen) atoms. The minimum Gasteiger partial charge on any atom is -0.360 e. The van der Waals surface area contributed by atoms with Gasteiger partial charge in [0.1, 0.15) is 11.3 Å². The summed E-state index contributed by atoms with van der Waals surface area (Å²) in [7, 11) is 0. The number of halogens is 3. The van der Waals surface area contributed by atoms with E-state index in [1.807, 2.05) is 24.0 Å². The Balaban J connectivity index is 1.33. The van der Waals surface area contributed by atoms with Crippen LogP contribution in [0.15, 0.2) is 53.1 Å². The maximum absolute atomic E-state index is 13.2. The lowest BCUT2D eigenvalue weighted by atomic mass is 9.89. The number of rotatable bonds is 7. The molecule has 0 unspecified atom stereocenters. The van der Waals surface area contributed by atoms with Crippen LogP contribution in [0.5, 0.6) is 0 Å². The first kappa shape index (κ1) is 26.4. The van der Waals surface area contributed by atoms with Crippen LogP contribution < -0.4 is 5.32 Å². The van der Waals surface area contributed by atoms with Crippen LogP contribution in [0.1, 0.15) is 70.6 Å². The number of piperidine rings is 1. The number of nitrogens with one attached hydrogen (secondary N) is 1. The van der Waals surface area contributed by atoms with E-state index < -0.39 is 17.6 Å². The molecule has 1 aromatic heterocycles. The number of amides is 2. The molecule has 196 valence electrons. The second kappa shape index (κ2) is 11.2. The standard InChI is InChI=1S/C28H30F3N3O3/c1-3-6-24-26(18(2)33-37-24)27(36)34-15-13-20(14-16-34)19-9-11-22(12-10-19)32-25(35)17-21-7-4-5-8-23(21)28(29,30)31/h4-5,7-12,20H,3,6,13-17H2,1-2H3,(H,32,35). The predicted octanol–water partition coefficient (Wildman–Crippen LogP) is 6.16. The number of hydrogen-bond acceptors (Lipinski definition) is 4. The first-order valence-corrected chi connectivity index (χ1v) is 12.5. The van der Waals surface area contributed by atoms with E-state index in [0.717, 1.165) is 30.9 Å². The Morgan fingerprint density at radius 2 is 1.76 bits per heavy atom. The summed E-state index contributed by atoms with van der Waals surface area (Å²) < 4.78 is 44.9. The third-order valence-electron chi connectivity index (χ3n) is 6.75. The van der Waals surface area contributed by atoms with Crippen molar-refractivity contribution in [2.75, 3.05) is 18.4 Å². The van der Waals surface area contributed by atoms with Crippen LogP contribution in [-0.2, 0) is 23.8 Å². The molecule has 6 nitrogen and oxygen atoms in total. The second-order valence-corrected chi connectivity index (χ2v) is 9.38. The van der Waals surface area contributed by atoms with E-state index in [0.29, 0.717) is 42.2 Å². The van der Waals surface area contributed by atoms with Crippen LogP contribution in [0.4, 0.5) is 18.9 Å². The molecule has 1 N–H and O–H groups in total. The number of anilines is 1. The van der Waals surface area contributed by atoms with E-state index >= 15 is 0 Å². The molecule has 1 saturated heterocycles. The lowest BCUT2D eigenvalue weighted by molar-refractivity contribution is -0.138. The Hall–Kier alpha value is -3.62. The molecule has 1 fully saturated rings. The number of aromatic nitrogens is 1. The van der Waals surface area contributed by atoms with Crippen molar-refractivity contribution in [1.82, 2.24) is 10.1 Å². The number of benzene rings is 2. The lowest BCUT2D eigenvalue weighted by Gasteiger charge is -2.32. The van der Waals surface area contributed by atoms with Crippen molar-refractivity contribution in [3.63, 3.8) is 0 Å². The molecule has 9 heteroatoms. The first-order chi connectivity index (χ1) is 17.7. The summed E-state index contributed by atoms with van der Waals surface area (Å²) in [6, 6.07) is 12.5. The molecule has 0 aliphatic carbocycles. The molecule has 1 aliphatic rings. The van der Waals surface area contributed by atoms with Gasteiger partial charge in [-0.2, -0.15) is 13.2 Å². The van der Waals surface area contributed by atoms with Crippen molar-refractivity contribution in [1.29, 1.82) is 0 Å². The Kier molecular flexibility index (Phi) is 8.00. The Bertz CT molecular complexity index is 1240. The number of likely N-dealkylation sites (tertiary alicyclic amines) is 1. The zero-order chi connectivity index (χ0) is 26.6. The normalized spacial score (nSPS) is 14.6. The number of carbonyl (C=O) groups is 2. The van der Waals surface area contributed by atoms with Gasteiger partial charge in [-0.15, -0.1) is 0 Å². The lowest BCUT2D eigenvalue weighted by Crippen LogP contribution is -2.38. The number of aryl methyl sites for hydroxylation is 2. The van der Waals surface area contributed by atoms with Gasteiger partial charge in [0.05, 0.1) is 17.7 Å². The highest BCUT2D eigenvalue weighted by atomic mass is 19.4. The molecule has 0 saturated carbocycles. The van der Waals surface area contributed by atoms with Gasteiger partial charge < -0.3 is 14.7 Å². The van der Waals surface area contributed by atoms with Gasteiger partial charge in [-0.1, -0.05) is 42.4 Å². The van der Waals surface area contributed by atoms with E-state index in [-0.39, 0.29) is 23.8 Å². The summed E-state index contributed by atoms with van der Waals surface area (Å²) in [6.07, 6.45) is -1.72. The highest BCUT2D eigenvalue weighted by Crippen LogP contribution is 2.33. The van der Waals surface area contributed by atoms with E-state index in [9.17, 15) is 22.8 Å². The highest BCUT2D eigenvalue weighted by molar-refractivity contribution is 5.96. The van der Waals surface area contributed by atoms with Crippen LogP contribution in [0.3, 0.4) is 0 Å². The van der Waals surface area contributed by atoms with E-state index in [1.165, 1.54) is 18.2 Å². The number of carbonyl (C=O) groups excluding carboxylic acids is 2. The van der Waals surface area contributed by atoms with E-state index in [1.54, 1.807) is 19.1 Å². The third kappa shape index (κ3) is 6.21. The van der Waals surface area contributed by atoms with Gasteiger partial charge in [0.25, 0.3) is 5.91 Å². The Morgan fingerprint density at radius 3 is 2.41 bits per heavy atom. The minimum atomic E-state index is -4.51. The smallest absolute Gasteiger partial charge is 0.360 e. The fourth-order valence-corrected chi connectivity index (χ4v) is 4.83. The van der Waals surface area contributed by atoms with Gasteiger partial charge in [-0.25, -0.2) is 0 Å². The van der Waals surface area contributed by atoms with Gasteiger partial charge in [-0.3, -0.25) is 9.59 Å². The molecule has 4 rings (SSSR count). The molecule has 1 aliphatic heterocycles. The molecular weight excluding hydrogens is 483 g/mol. The van der Waals surface area contributed by atoms with Crippen molar-refractivity contribution >= 4 is 17.5 Å². The molecule has 2 heterocycles. The largest absolute Gasteiger partial charge is 0.416 e. The summed E-state index contributed by atoms with van der Waals surface area (Å²) in [5.74, 6) is 0.367. The molecule has 2 amide bonds. The Morgan fingerprint density at radius 1 is 1.08 bits per heavy atom. The van der Waals surface area contributed by atoms with Crippen molar-refractivity contribution < 1.29 is 27.3 Å². The zero-order valence-corrected chi connectivity index (χ0v) is 20.9. The van der Waals surface area contributed by atoms with Crippen molar-refractivity contribution in [2.45, 2.75) is 58.0 Å². The van der Waals surface area contributed by atoms with Crippen LogP contribution >= 0.6 is 0 Å². The summed E-state index contributed by atoms with van der Waals surface area (Å²) in [4.78, 5) is 27.4. The second-order valence-electron chi connectivity index (χ2n) is 9.38. The maximum Gasteiger partial charge on any atom is 0.416 e. The molecular formula is C28H30F3N3O3. The molecule has 2 aromatic carbocycles. The van der Waals surface area contributed by atoms with Gasteiger partial charge in [0.2, 0.25) is 5.91 Å². The van der Waals surface area contributed by atoms with Crippen molar-refractivity contribution in [3.8, 4) is 0 Å². The monoisotopic (exact) mass is 513 g/mol. The minimum absolute atomic E-state index is 0.0363. The summed E-state index contributed by atoms with van der Waals surface area (Å²) in [5.41, 5.74) is 1.96. The van der Waals surface area contributed by atoms with Crippen molar-refractivity contribution in [2.24, 2.45) is 0 Å². The predicted molar refractivity (Wildman–Crippen MR) is 133 cm³/mol. The van der Waals surface area contributed by atoms with Crippen LogP contribution in [-0.4, -0.2) is 35.0 Å². The highest BCUT2D eigenvalue weighted by Gasteiger charge is 2.33. The van der Waals surface area contributed by atoms with Gasteiger partial charge in [0, 0.05) is 25.2 Å². The fourth-order valence-electron chi connectivity index (χ4n) is 4.83. The third-order valence-corrected chi connectivity index (χ3v) is 6.75. The molecule has 0 atom stereocenters. The van der Waals surface area contributed by atoms with E-state index in [2.05, 4.69) is 10.5 Å². The summed E-state index contributed by atoms with van der Waals surface area (Å²) in [6.45, 7) is 5.06. The average molecular weight is 514 g/mol. The van der Waals surface area contributed by atoms with Gasteiger partial charge >= 0.3 is 6.18 Å². The van der Waals surface area contributed by atoms with Crippen molar-refractivity contribution in [3.05, 3.63) is 82.2 Å². The first-order valence-electron chi connectivity index (χ1n) is 12.5. The van der Waals surface area contributed by atoms with Crippen LogP contribution in [0, 0.1) is 6.92 Å².